The van der Waals surface area contributed by atoms with Crippen LogP contribution in [0.5, 0.6) is 11.5 Å². The fourth-order valence-electron chi connectivity index (χ4n) is 2.74. The number of phenols is 1. The average molecular weight is 344 g/mol. The first-order valence-electron chi connectivity index (χ1n) is 8.23. The van der Waals surface area contributed by atoms with E-state index in [1.807, 2.05) is 54.6 Å². The fraction of sp³-hybridized carbons (Fsp3) is 0.0455. The van der Waals surface area contributed by atoms with Gasteiger partial charge in [-0.15, -0.1) is 0 Å². The Morgan fingerprint density at radius 2 is 1.65 bits per heavy atom. The zero-order valence-electron chi connectivity index (χ0n) is 13.9. The minimum absolute atomic E-state index is 0.0578. The Morgan fingerprint density at radius 3 is 2.42 bits per heavy atom. The summed E-state index contributed by atoms with van der Waals surface area (Å²) in [7, 11) is 0. The summed E-state index contributed by atoms with van der Waals surface area (Å²) in [5.74, 6) is 1.24. The largest absolute Gasteiger partial charge is 0.508 e. The molecule has 4 rings (SSSR count). The second kappa shape index (κ2) is 6.76. The van der Waals surface area contributed by atoms with Crippen LogP contribution in [-0.2, 0) is 6.61 Å². The number of ether oxygens (including phenoxy) is 1. The van der Waals surface area contributed by atoms with Crippen LogP contribution in [0.25, 0.3) is 22.3 Å². The van der Waals surface area contributed by atoms with Crippen molar-refractivity contribution >= 4 is 11.0 Å². The maximum absolute atomic E-state index is 12.2. The lowest BCUT2D eigenvalue weighted by Gasteiger charge is -2.08. The second-order valence-electron chi connectivity index (χ2n) is 5.95. The molecule has 0 atom stereocenters. The van der Waals surface area contributed by atoms with Crippen LogP contribution in [0.1, 0.15) is 5.56 Å². The molecule has 3 aromatic carbocycles. The van der Waals surface area contributed by atoms with Crippen molar-refractivity contribution in [3.63, 3.8) is 0 Å². The Hall–Kier alpha value is -3.53. The molecule has 128 valence electrons. The molecule has 26 heavy (non-hydrogen) atoms. The third kappa shape index (κ3) is 3.30. The lowest BCUT2D eigenvalue weighted by molar-refractivity contribution is 0.306. The molecule has 0 radical (unpaired) electrons. The van der Waals surface area contributed by atoms with Gasteiger partial charge in [-0.2, -0.15) is 0 Å². The van der Waals surface area contributed by atoms with E-state index in [0.29, 0.717) is 23.3 Å². The smallest absolute Gasteiger partial charge is 0.193 e. The molecule has 4 heteroatoms. The number of phenolic OH excluding ortho intramolecular Hbond substituents is 1. The van der Waals surface area contributed by atoms with E-state index in [0.717, 1.165) is 16.9 Å². The Balaban J connectivity index is 1.58. The molecule has 0 bridgehead atoms. The highest BCUT2D eigenvalue weighted by Gasteiger charge is 2.08. The van der Waals surface area contributed by atoms with E-state index < -0.39 is 0 Å². The van der Waals surface area contributed by atoms with Gasteiger partial charge >= 0.3 is 0 Å². The number of rotatable bonds is 4. The van der Waals surface area contributed by atoms with E-state index >= 15 is 0 Å². The molecule has 0 spiro atoms. The molecule has 4 aromatic rings. The minimum atomic E-state index is -0.148. The Kier molecular flexibility index (Phi) is 4.15. The number of aromatic hydroxyl groups is 1. The summed E-state index contributed by atoms with van der Waals surface area (Å²) in [5.41, 5.74) is 2.07. The van der Waals surface area contributed by atoms with Gasteiger partial charge in [-0.1, -0.05) is 30.3 Å². The molecule has 1 heterocycles. The van der Waals surface area contributed by atoms with E-state index in [1.165, 1.54) is 18.2 Å². The summed E-state index contributed by atoms with van der Waals surface area (Å²) in [6, 6.07) is 23.2. The number of hydrogen-bond donors (Lipinski definition) is 1. The van der Waals surface area contributed by atoms with Crippen LogP contribution < -0.4 is 10.2 Å². The van der Waals surface area contributed by atoms with Crippen LogP contribution >= 0.6 is 0 Å². The SMILES string of the molecule is O=c1cc(-c2ccc(OCc3ccccc3)cc2)oc2cc(O)ccc12. The van der Waals surface area contributed by atoms with Gasteiger partial charge in [0.25, 0.3) is 0 Å². The summed E-state index contributed by atoms with van der Waals surface area (Å²) >= 11 is 0. The zero-order chi connectivity index (χ0) is 17.9. The first-order valence-corrected chi connectivity index (χ1v) is 8.23. The molecule has 0 aliphatic heterocycles. The van der Waals surface area contributed by atoms with Crippen molar-refractivity contribution in [2.45, 2.75) is 6.61 Å². The van der Waals surface area contributed by atoms with Crippen molar-refractivity contribution in [2.24, 2.45) is 0 Å². The zero-order valence-corrected chi connectivity index (χ0v) is 13.9. The highest BCUT2D eigenvalue weighted by molar-refractivity contribution is 5.80. The maximum atomic E-state index is 12.2. The van der Waals surface area contributed by atoms with Crippen LogP contribution in [0, 0.1) is 0 Å². The van der Waals surface area contributed by atoms with E-state index in [-0.39, 0.29) is 11.2 Å². The lowest BCUT2D eigenvalue weighted by Crippen LogP contribution is -2.00. The van der Waals surface area contributed by atoms with Crippen molar-refractivity contribution in [3.05, 3.63) is 94.6 Å². The van der Waals surface area contributed by atoms with Gasteiger partial charge in [0.1, 0.15) is 29.4 Å². The fourth-order valence-corrected chi connectivity index (χ4v) is 2.74. The molecule has 0 fully saturated rings. The van der Waals surface area contributed by atoms with Crippen LogP contribution in [0.3, 0.4) is 0 Å². The van der Waals surface area contributed by atoms with Gasteiger partial charge in [0.2, 0.25) is 0 Å². The number of fused-ring (bicyclic) bond motifs is 1. The molecular weight excluding hydrogens is 328 g/mol. The van der Waals surface area contributed by atoms with Gasteiger partial charge in [-0.3, -0.25) is 4.79 Å². The van der Waals surface area contributed by atoms with Crippen molar-refractivity contribution in [1.82, 2.24) is 0 Å². The molecule has 0 aliphatic rings. The highest BCUT2D eigenvalue weighted by Crippen LogP contribution is 2.26. The van der Waals surface area contributed by atoms with Crippen LogP contribution in [0.4, 0.5) is 0 Å². The summed E-state index contributed by atoms with van der Waals surface area (Å²) in [6.45, 7) is 0.491. The molecule has 0 saturated carbocycles. The molecule has 0 unspecified atom stereocenters. The van der Waals surface area contributed by atoms with Crippen molar-refractivity contribution < 1.29 is 14.3 Å². The van der Waals surface area contributed by atoms with E-state index in [2.05, 4.69) is 0 Å². The first-order chi connectivity index (χ1) is 12.7. The van der Waals surface area contributed by atoms with Gasteiger partial charge < -0.3 is 14.3 Å². The monoisotopic (exact) mass is 344 g/mol. The summed E-state index contributed by atoms with van der Waals surface area (Å²) in [6.07, 6.45) is 0. The topological polar surface area (TPSA) is 59.7 Å². The van der Waals surface area contributed by atoms with Crippen molar-refractivity contribution in [2.75, 3.05) is 0 Å². The third-order valence-electron chi connectivity index (χ3n) is 4.10. The lowest BCUT2D eigenvalue weighted by atomic mass is 10.1. The van der Waals surface area contributed by atoms with Crippen LogP contribution in [-0.4, -0.2) is 5.11 Å². The number of benzene rings is 3. The van der Waals surface area contributed by atoms with Crippen molar-refractivity contribution in [3.8, 4) is 22.8 Å². The quantitative estimate of drug-likeness (QED) is 0.581. The molecule has 0 amide bonds. The number of hydrogen-bond acceptors (Lipinski definition) is 4. The van der Waals surface area contributed by atoms with Crippen LogP contribution in [0.2, 0.25) is 0 Å². The molecule has 4 nitrogen and oxygen atoms in total. The van der Waals surface area contributed by atoms with Gasteiger partial charge in [-0.25, -0.2) is 0 Å². The summed E-state index contributed by atoms with van der Waals surface area (Å²) < 4.78 is 11.5. The van der Waals surface area contributed by atoms with E-state index in [4.69, 9.17) is 9.15 Å². The summed E-state index contributed by atoms with van der Waals surface area (Å²) in [4.78, 5) is 12.2. The molecule has 1 N–H and O–H groups in total. The Morgan fingerprint density at radius 1 is 0.885 bits per heavy atom. The molecule has 0 aliphatic carbocycles. The van der Waals surface area contributed by atoms with Gasteiger partial charge in [-0.05, 0) is 42.0 Å². The molecule has 0 saturated heterocycles. The van der Waals surface area contributed by atoms with Crippen LogP contribution in [0.15, 0.2) is 88.1 Å². The third-order valence-corrected chi connectivity index (χ3v) is 4.10. The predicted octanol–water partition coefficient (Wildman–Crippen LogP) is 4.74. The second-order valence-corrected chi connectivity index (χ2v) is 5.95. The van der Waals surface area contributed by atoms with Gasteiger partial charge in [0, 0.05) is 17.7 Å². The normalized spacial score (nSPS) is 10.8. The van der Waals surface area contributed by atoms with Gasteiger partial charge in [0.05, 0.1) is 5.39 Å². The first kappa shape index (κ1) is 16.0. The average Bonchev–Trinajstić information content (AvgIpc) is 2.67. The van der Waals surface area contributed by atoms with E-state index in [1.54, 1.807) is 6.07 Å². The molecular formula is C22H16O4. The molecule has 1 aromatic heterocycles. The Labute approximate surface area is 149 Å². The van der Waals surface area contributed by atoms with Gasteiger partial charge in [0.15, 0.2) is 5.43 Å². The summed E-state index contributed by atoms with van der Waals surface area (Å²) in [5, 5.41) is 10.0. The maximum Gasteiger partial charge on any atom is 0.193 e. The van der Waals surface area contributed by atoms with Crippen molar-refractivity contribution in [1.29, 1.82) is 0 Å². The Bertz CT molecular complexity index is 1100. The van der Waals surface area contributed by atoms with E-state index in [9.17, 15) is 9.90 Å². The highest BCUT2D eigenvalue weighted by atomic mass is 16.5. The standard InChI is InChI=1S/C22H16O4/c23-17-8-11-19-20(24)13-21(26-22(19)12-17)16-6-9-18(10-7-16)25-14-15-4-2-1-3-5-15/h1-13,23H,14H2. The predicted molar refractivity (Wildman–Crippen MR) is 100 cm³/mol. The minimum Gasteiger partial charge on any atom is -0.508 e.